The van der Waals surface area contributed by atoms with E-state index in [1.165, 1.54) is 0 Å². The van der Waals surface area contributed by atoms with Crippen LogP contribution in [0.2, 0.25) is 0 Å². The Labute approximate surface area is 151 Å². The van der Waals surface area contributed by atoms with Crippen molar-refractivity contribution in [1.82, 2.24) is 9.97 Å². The first-order valence-corrected chi connectivity index (χ1v) is 8.16. The highest BCUT2D eigenvalue weighted by Crippen LogP contribution is 2.21. The predicted molar refractivity (Wildman–Crippen MR) is 94.7 cm³/mol. The summed E-state index contributed by atoms with van der Waals surface area (Å²) in [5.74, 6) is 2.09. The molecular formula is C19H18N4O3. The van der Waals surface area contributed by atoms with Crippen molar-refractivity contribution in [2.45, 2.75) is 20.1 Å². The lowest BCUT2D eigenvalue weighted by atomic mass is 10.3. The van der Waals surface area contributed by atoms with Gasteiger partial charge < -0.3 is 19.2 Å². The van der Waals surface area contributed by atoms with Crippen molar-refractivity contribution in [3.05, 3.63) is 65.9 Å². The van der Waals surface area contributed by atoms with Gasteiger partial charge in [-0.1, -0.05) is 6.07 Å². The molecule has 0 radical (unpaired) electrons. The highest BCUT2D eigenvalue weighted by atomic mass is 16.5. The summed E-state index contributed by atoms with van der Waals surface area (Å²) in [5.41, 5.74) is 1.17. The third-order valence-electron chi connectivity index (χ3n) is 3.45. The Morgan fingerprint density at radius 2 is 1.92 bits per heavy atom. The molecule has 26 heavy (non-hydrogen) atoms. The van der Waals surface area contributed by atoms with Gasteiger partial charge in [-0.3, -0.25) is 4.98 Å². The molecule has 1 N–H and O–H groups in total. The van der Waals surface area contributed by atoms with E-state index >= 15 is 0 Å². The normalized spacial score (nSPS) is 10.2. The molecule has 0 bridgehead atoms. The Balaban J connectivity index is 1.60. The first-order chi connectivity index (χ1) is 12.8. The lowest BCUT2D eigenvalue weighted by Gasteiger charge is -2.06. The minimum atomic E-state index is 0.122. The van der Waals surface area contributed by atoms with Crippen LogP contribution in [-0.2, 0) is 13.2 Å². The molecule has 0 saturated heterocycles. The number of pyridine rings is 1. The third-order valence-corrected chi connectivity index (χ3v) is 3.45. The van der Waals surface area contributed by atoms with E-state index in [-0.39, 0.29) is 12.3 Å². The van der Waals surface area contributed by atoms with Crippen LogP contribution < -0.4 is 14.8 Å². The van der Waals surface area contributed by atoms with Crippen LogP contribution in [0.3, 0.4) is 0 Å². The molecule has 0 aliphatic heterocycles. The van der Waals surface area contributed by atoms with E-state index in [2.05, 4.69) is 15.3 Å². The smallest absolute Gasteiger partial charge is 0.236 e. The lowest BCUT2D eigenvalue weighted by molar-refractivity contribution is 0.264. The zero-order valence-electron chi connectivity index (χ0n) is 14.3. The van der Waals surface area contributed by atoms with E-state index in [1.54, 1.807) is 24.5 Å². The molecule has 0 atom stereocenters. The molecule has 3 rings (SSSR count). The number of benzene rings is 1. The van der Waals surface area contributed by atoms with E-state index < -0.39 is 0 Å². The van der Waals surface area contributed by atoms with Gasteiger partial charge in [-0.25, -0.2) is 0 Å². The van der Waals surface area contributed by atoms with E-state index in [1.807, 2.05) is 37.3 Å². The fraction of sp³-hybridized carbons (Fsp3) is 0.211. The van der Waals surface area contributed by atoms with E-state index in [9.17, 15) is 5.26 Å². The number of oxazole rings is 1. The molecule has 7 heteroatoms. The number of nitriles is 1. The zero-order valence-corrected chi connectivity index (χ0v) is 14.3. The van der Waals surface area contributed by atoms with E-state index in [4.69, 9.17) is 13.9 Å². The molecule has 0 aliphatic carbocycles. The number of nitrogens with zero attached hydrogens (tertiary/aromatic N) is 3. The summed E-state index contributed by atoms with van der Waals surface area (Å²) in [6.45, 7) is 3.15. The van der Waals surface area contributed by atoms with Crippen LogP contribution >= 0.6 is 0 Å². The Kier molecular flexibility index (Phi) is 5.68. The average molecular weight is 350 g/mol. The molecule has 3 aromatic rings. The molecule has 1 aromatic carbocycles. The molecule has 2 aromatic heterocycles. The number of aromatic nitrogens is 2. The molecule has 2 heterocycles. The van der Waals surface area contributed by atoms with Crippen LogP contribution in [0.5, 0.6) is 11.5 Å². The molecule has 0 fully saturated rings. The van der Waals surface area contributed by atoms with Gasteiger partial charge in [0.2, 0.25) is 17.5 Å². The van der Waals surface area contributed by atoms with Crippen molar-refractivity contribution < 1.29 is 13.9 Å². The minimum Gasteiger partial charge on any atom is -0.494 e. The molecule has 0 saturated carbocycles. The second-order valence-electron chi connectivity index (χ2n) is 5.31. The summed E-state index contributed by atoms with van der Waals surface area (Å²) in [5, 5.41) is 12.3. The van der Waals surface area contributed by atoms with Gasteiger partial charge in [0.05, 0.1) is 6.61 Å². The number of anilines is 1. The van der Waals surface area contributed by atoms with Gasteiger partial charge in [0.25, 0.3) is 0 Å². The lowest BCUT2D eigenvalue weighted by Crippen LogP contribution is -2.00. The van der Waals surface area contributed by atoms with Gasteiger partial charge in [0, 0.05) is 18.9 Å². The standard InChI is InChI=1S/C19H18N4O3/c1-2-24-15-5-7-16(8-6-15)25-13-18-23-17(10-20)19(26-18)22-12-14-4-3-9-21-11-14/h3-9,11,22H,2,12-13H2,1H3. The van der Waals surface area contributed by atoms with E-state index in [0.29, 0.717) is 30.7 Å². The van der Waals surface area contributed by atoms with Gasteiger partial charge in [0.15, 0.2) is 6.61 Å². The predicted octanol–water partition coefficient (Wildman–Crippen LogP) is 3.53. The maximum absolute atomic E-state index is 9.22. The number of hydrogen-bond acceptors (Lipinski definition) is 7. The molecule has 132 valence electrons. The van der Waals surface area contributed by atoms with Gasteiger partial charge in [-0.15, -0.1) is 0 Å². The monoisotopic (exact) mass is 350 g/mol. The Hall–Kier alpha value is -3.53. The SMILES string of the molecule is CCOc1ccc(OCc2nc(C#N)c(NCc3cccnc3)o2)cc1. The van der Waals surface area contributed by atoms with Crippen molar-refractivity contribution in [1.29, 1.82) is 5.26 Å². The number of rotatable bonds is 8. The molecule has 0 spiro atoms. The van der Waals surface area contributed by atoms with Gasteiger partial charge in [0.1, 0.15) is 17.6 Å². The van der Waals surface area contributed by atoms with Crippen LogP contribution in [0.1, 0.15) is 24.1 Å². The second-order valence-corrected chi connectivity index (χ2v) is 5.31. The Bertz CT molecular complexity index is 870. The quantitative estimate of drug-likeness (QED) is 0.664. The fourth-order valence-electron chi connectivity index (χ4n) is 2.25. The Morgan fingerprint density at radius 3 is 2.58 bits per heavy atom. The molecule has 0 aliphatic rings. The molecule has 0 unspecified atom stereocenters. The van der Waals surface area contributed by atoms with Crippen LogP contribution in [-0.4, -0.2) is 16.6 Å². The summed E-state index contributed by atoms with van der Waals surface area (Å²) in [6, 6.07) is 13.1. The van der Waals surface area contributed by atoms with Crippen LogP contribution in [0, 0.1) is 11.3 Å². The van der Waals surface area contributed by atoms with Crippen LogP contribution in [0.4, 0.5) is 5.88 Å². The fourth-order valence-corrected chi connectivity index (χ4v) is 2.25. The zero-order chi connectivity index (χ0) is 18.2. The Morgan fingerprint density at radius 1 is 1.15 bits per heavy atom. The van der Waals surface area contributed by atoms with Crippen molar-refractivity contribution in [2.24, 2.45) is 0 Å². The molecule has 7 nitrogen and oxygen atoms in total. The number of nitrogens with one attached hydrogen (secondary N) is 1. The van der Waals surface area contributed by atoms with Gasteiger partial charge in [-0.05, 0) is 42.8 Å². The second kappa shape index (κ2) is 8.53. The number of ether oxygens (including phenoxy) is 2. The summed E-state index contributed by atoms with van der Waals surface area (Å²) in [6.07, 6.45) is 3.44. The summed E-state index contributed by atoms with van der Waals surface area (Å²) in [7, 11) is 0. The largest absolute Gasteiger partial charge is 0.494 e. The topological polar surface area (TPSA) is 93.2 Å². The first kappa shape index (κ1) is 17.3. The summed E-state index contributed by atoms with van der Waals surface area (Å²) < 4.78 is 16.6. The maximum Gasteiger partial charge on any atom is 0.236 e. The summed E-state index contributed by atoms with van der Waals surface area (Å²) in [4.78, 5) is 8.19. The van der Waals surface area contributed by atoms with Crippen LogP contribution in [0.25, 0.3) is 0 Å². The van der Waals surface area contributed by atoms with Gasteiger partial charge in [-0.2, -0.15) is 10.2 Å². The van der Waals surface area contributed by atoms with Crippen molar-refractivity contribution in [3.8, 4) is 17.6 Å². The van der Waals surface area contributed by atoms with Crippen LogP contribution in [0.15, 0.2) is 53.2 Å². The average Bonchev–Trinajstić information content (AvgIpc) is 3.09. The van der Waals surface area contributed by atoms with Gasteiger partial charge >= 0.3 is 0 Å². The minimum absolute atomic E-state index is 0.122. The molecular weight excluding hydrogens is 332 g/mol. The number of hydrogen-bond donors (Lipinski definition) is 1. The maximum atomic E-state index is 9.22. The first-order valence-electron chi connectivity index (χ1n) is 8.16. The third kappa shape index (κ3) is 4.51. The van der Waals surface area contributed by atoms with Crippen molar-refractivity contribution >= 4 is 5.88 Å². The van der Waals surface area contributed by atoms with Crippen molar-refractivity contribution in [3.63, 3.8) is 0 Å². The van der Waals surface area contributed by atoms with E-state index in [0.717, 1.165) is 11.3 Å². The molecule has 0 amide bonds. The highest BCUT2D eigenvalue weighted by Gasteiger charge is 2.13. The van der Waals surface area contributed by atoms with Crippen molar-refractivity contribution in [2.75, 3.05) is 11.9 Å². The summed E-state index contributed by atoms with van der Waals surface area (Å²) >= 11 is 0. The highest BCUT2D eigenvalue weighted by molar-refractivity contribution is 5.45.